The van der Waals surface area contributed by atoms with Gasteiger partial charge in [0.1, 0.15) is 6.33 Å². The van der Waals surface area contributed by atoms with Gasteiger partial charge in [0.15, 0.2) is 0 Å². The minimum Gasteiger partial charge on any atom is -0.462 e. The van der Waals surface area contributed by atoms with Gasteiger partial charge in [-0.3, -0.25) is 9.20 Å². The lowest BCUT2D eigenvalue weighted by Crippen LogP contribution is -2.06. The number of carbonyl (C=O) groups excluding carboxylic acids is 2. The molecule has 0 amide bonds. The van der Waals surface area contributed by atoms with Crippen molar-refractivity contribution in [1.29, 1.82) is 0 Å². The normalized spacial score (nSPS) is 11.2. The third-order valence-corrected chi connectivity index (χ3v) is 5.27. The zero-order valence-electron chi connectivity index (χ0n) is 16.3. The number of hydrogen-bond donors (Lipinski definition) is 0. The summed E-state index contributed by atoms with van der Waals surface area (Å²) in [5.74, 6) is -0.627. The third kappa shape index (κ3) is 2.75. The maximum absolute atomic E-state index is 13.6. The Hall–Kier alpha value is -3.99. The van der Waals surface area contributed by atoms with Crippen LogP contribution < -0.4 is 0 Å². The molecule has 0 aliphatic rings. The van der Waals surface area contributed by atoms with Gasteiger partial charge in [0, 0.05) is 10.9 Å². The van der Waals surface area contributed by atoms with Gasteiger partial charge in [0.2, 0.25) is 5.78 Å². The lowest BCUT2D eigenvalue weighted by Gasteiger charge is -2.07. The highest BCUT2D eigenvalue weighted by Gasteiger charge is 2.24. The van der Waals surface area contributed by atoms with Crippen LogP contribution in [-0.4, -0.2) is 27.7 Å². The van der Waals surface area contributed by atoms with Crippen LogP contribution in [0.2, 0.25) is 0 Å². The molecule has 0 saturated heterocycles. The molecule has 5 heteroatoms. The van der Waals surface area contributed by atoms with E-state index < -0.39 is 5.97 Å². The number of aromatic nitrogens is 2. The van der Waals surface area contributed by atoms with Crippen molar-refractivity contribution in [1.82, 2.24) is 9.38 Å². The summed E-state index contributed by atoms with van der Waals surface area (Å²) < 4.78 is 6.96. The van der Waals surface area contributed by atoms with E-state index in [1.165, 1.54) is 0 Å². The highest BCUT2D eigenvalue weighted by atomic mass is 16.5. The Labute approximate surface area is 172 Å². The molecule has 0 unspecified atom stereocenters. The summed E-state index contributed by atoms with van der Waals surface area (Å²) in [4.78, 5) is 30.8. The van der Waals surface area contributed by atoms with Crippen molar-refractivity contribution in [3.8, 4) is 0 Å². The summed E-state index contributed by atoms with van der Waals surface area (Å²) >= 11 is 0. The van der Waals surface area contributed by atoms with Crippen molar-refractivity contribution >= 4 is 38.9 Å². The molecule has 5 rings (SSSR count). The molecule has 146 valence electrons. The van der Waals surface area contributed by atoms with E-state index in [1.54, 1.807) is 23.7 Å². The van der Waals surface area contributed by atoms with Crippen LogP contribution in [0.1, 0.15) is 33.3 Å². The SMILES string of the molecule is CCOC(=O)c1cc(C(=O)c2cccc3ccccc23)n2cnc3ccccc3c12. The van der Waals surface area contributed by atoms with Crippen LogP contribution in [-0.2, 0) is 4.74 Å². The Kier molecular flexibility index (Phi) is 4.29. The number of benzene rings is 3. The molecular formula is C25H18N2O3. The second-order valence-corrected chi connectivity index (χ2v) is 7.00. The Morgan fingerprint density at radius 1 is 0.900 bits per heavy atom. The average molecular weight is 394 g/mol. The lowest BCUT2D eigenvalue weighted by molar-refractivity contribution is 0.0529. The van der Waals surface area contributed by atoms with Crippen molar-refractivity contribution in [2.75, 3.05) is 6.61 Å². The molecule has 0 saturated carbocycles. The van der Waals surface area contributed by atoms with E-state index >= 15 is 0 Å². The van der Waals surface area contributed by atoms with Crippen LogP contribution in [0.4, 0.5) is 0 Å². The zero-order valence-corrected chi connectivity index (χ0v) is 16.3. The Morgan fingerprint density at radius 3 is 2.47 bits per heavy atom. The molecular weight excluding hydrogens is 376 g/mol. The largest absolute Gasteiger partial charge is 0.462 e. The molecule has 30 heavy (non-hydrogen) atoms. The number of rotatable bonds is 4. The standard InChI is InChI=1S/C25H18N2O3/c1-2-30-25(29)20-14-22(27-15-26-21-13-6-5-11-19(21)23(20)27)24(28)18-12-7-9-16-8-3-4-10-17(16)18/h3-15H,2H2,1H3. The minimum atomic E-state index is -0.455. The van der Waals surface area contributed by atoms with Crippen molar-refractivity contribution in [2.24, 2.45) is 0 Å². The average Bonchev–Trinajstić information content (AvgIpc) is 3.19. The quantitative estimate of drug-likeness (QED) is 0.316. The van der Waals surface area contributed by atoms with E-state index in [1.807, 2.05) is 66.7 Å². The number of fused-ring (bicyclic) bond motifs is 4. The molecule has 0 N–H and O–H groups in total. The van der Waals surface area contributed by atoms with Gasteiger partial charge < -0.3 is 4.74 Å². The summed E-state index contributed by atoms with van der Waals surface area (Å²) in [6.07, 6.45) is 1.60. The third-order valence-electron chi connectivity index (χ3n) is 5.27. The maximum Gasteiger partial charge on any atom is 0.340 e. The van der Waals surface area contributed by atoms with Gasteiger partial charge >= 0.3 is 5.97 Å². The zero-order chi connectivity index (χ0) is 20.7. The monoisotopic (exact) mass is 394 g/mol. The molecule has 3 aromatic carbocycles. The topological polar surface area (TPSA) is 60.7 Å². The molecule has 2 heterocycles. The molecule has 0 fully saturated rings. The van der Waals surface area contributed by atoms with Gasteiger partial charge in [-0.05, 0) is 29.8 Å². The molecule has 0 bridgehead atoms. The van der Waals surface area contributed by atoms with E-state index in [0.29, 0.717) is 22.3 Å². The van der Waals surface area contributed by atoms with Gasteiger partial charge in [0.05, 0.1) is 28.9 Å². The van der Waals surface area contributed by atoms with Crippen LogP contribution in [0.15, 0.2) is 79.1 Å². The Balaban J connectivity index is 1.80. The second kappa shape index (κ2) is 7.12. The molecule has 5 nitrogen and oxygen atoms in total. The molecule has 5 aromatic rings. The summed E-state index contributed by atoms with van der Waals surface area (Å²) in [7, 11) is 0. The summed E-state index contributed by atoms with van der Waals surface area (Å²) in [5.41, 5.74) is 2.69. The van der Waals surface area contributed by atoms with Crippen LogP contribution >= 0.6 is 0 Å². The van der Waals surface area contributed by atoms with Gasteiger partial charge in [-0.15, -0.1) is 0 Å². The number of ketones is 1. The Morgan fingerprint density at radius 2 is 1.63 bits per heavy atom. The molecule has 0 aliphatic carbocycles. The number of hydrogen-bond acceptors (Lipinski definition) is 4. The highest BCUT2D eigenvalue weighted by Crippen LogP contribution is 2.28. The van der Waals surface area contributed by atoms with Gasteiger partial charge in [-0.2, -0.15) is 0 Å². The lowest BCUT2D eigenvalue weighted by atomic mass is 10.00. The van der Waals surface area contributed by atoms with Crippen LogP contribution in [0.25, 0.3) is 27.2 Å². The van der Waals surface area contributed by atoms with Crippen molar-refractivity contribution in [2.45, 2.75) is 6.92 Å². The van der Waals surface area contributed by atoms with E-state index in [9.17, 15) is 9.59 Å². The summed E-state index contributed by atoms with van der Waals surface area (Å²) in [6.45, 7) is 2.02. The molecule has 0 atom stereocenters. The highest BCUT2D eigenvalue weighted by molar-refractivity contribution is 6.18. The predicted octanol–water partition coefficient (Wildman–Crippen LogP) is 5.05. The van der Waals surface area contributed by atoms with Gasteiger partial charge in [0.25, 0.3) is 0 Å². The number of ether oxygens (including phenoxy) is 1. The smallest absolute Gasteiger partial charge is 0.340 e. The first-order chi connectivity index (χ1) is 14.7. The van der Waals surface area contributed by atoms with Crippen molar-refractivity contribution in [3.05, 3.63) is 95.9 Å². The summed E-state index contributed by atoms with van der Waals surface area (Å²) in [6, 6.07) is 22.6. The van der Waals surface area contributed by atoms with Crippen LogP contribution in [0.5, 0.6) is 0 Å². The molecule has 0 aliphatic heterocycles. The van der Waals surface area contributed by atoms with Crippen LogP contribution in [0, 0.1) is 0 Å². The summed E-state index contributed by atoms with van der Waals surface area (Å²) in [5, 5.41) is 2.64. The number of esters is 1. The molecule has 0 radical (unpaired) electrons. The fraction of sp³-hybridized carbons (Fsp3) is 0.0800. The number of para-hydroxylation sites is 1. The van der Waals surface area contributed by atoms with Gasteiger partial charge in [-0.25, -0.2) is 9.78 Å². The first-order valence-electron chi connectivity index (χ1n) is 9.77. The first-order valence-corrected chi connectivity index (χ1v) is 9.77. The number of carbonyl (C=O) groups is 2. The van der Waals surface area contributed by atoms with Crippen molar-refractivity contribution < 1.29 is 14.3 Å². The predicted molar refractivity (Wildman–Crippen MR) is 116 cm³/mol. The van der Waals surface area contributed by atoms with E-state index in [2.05, 4.69) is 4.98 Å². The van der Waals surface area contributed by atoms with Gasteiger partial charge in [-0.1, -0.05) is 60.7 Å². The fourth-order valence-corrected chi connectivity index (χ4v) is 3.93. The maximum atomic E-state index is 13.6. The minimum absolute atomic E-state index is 0.172. The van der Waals surface area contributed by atoms with E-state index in [4.69, 9.17) is 4.74 Å². The van der Waals surface area contributed by atoms with E-state index in [-0.39, 0.29) is 12.4 Å². The first kappa shape index (κ1) is 18.1. The van der Waals surface area contributed by atoms with E-state index in [0.717, 1.165) is 21.7 Å². The fourth-order valence-electron chi connectivity index (χ4n) is 3.93. The number of nitrogens with zero attached hydrogens (tertiary/aromatic N) is 2. The Bertz CT molecular complexity index is 1440. The molecule has 0 spiro atoms. The molecule has 2 aromatic heterocycles. The second-order valence-electron chi connectivity index (χ2n) is 7.00. The van der Waals surface area contributed by atoms with Crippen LogP contribution in [0.3, 0.4) is 0 Å². The van der Waals surface area contributed by atoms with Crippen molar-refractivity contribution in [3.63, 3.8) is 0 Å².